The molecule has 5 nitrogen and oxygen atoms in total. The van der Waals surface area contributed by atoms with Crippen molar-refractivity contribution in [1.29, 1.82) is 0 Å². The van der Waals surface area contributed by atoms with Gasteiger partial charge >= 0.3 is 0 Å². The van der Waals surface area contributed by atoms with Crippen molar-refractivity contribution in [3.63, 3.8) is 0 Å². The number of aliphatic imine (C=N–C) groups is 1. The Morgan fingerprint density at radius 2 is 1.97 bits per heavy atom. The first-order valence-electron chi connectivity index (χ1n) is 12.5. The molecule has 1 N–H and O–H groups in total. The molecule has 0 unspecified atom stereocenters. The number of hydrogen-bond acceptors (Lipinski definition) is 4. The van der Waals surface area contributed by atoms with Crippen LogP contribution in [0.25, 0.3) is 5.57 Å². The summed E-state index contributed by atoms with van der Waals surface area (Å²) in [7, 11) is 0. The molecule has 1 amide bonds. The van der Waals surface area contributed by atoms with E-state index in [-0.39, 0.29) is 12.0 Å². The minimum atomic E-state index is -0.0959. The van der Waals surface area contributed by atoms with E-state index in [1.165, 1.54) is 22.3 Å². The Labute approximate surface area is 220 Å². The summed E-state index contributed by atoms with van der Waals surface area (Å²) in [5, 5.41) is 3.31. The molecule has 4 rings (SSSR count). The number of nitrogens with zero attached hydrogens (tertiary/aromatic N) is 2. The molecule has 2 heterocycles. The monoisotopic (exact) mass is 505 g/mol. The number of nitrogens with one attached hydrogen (secondary N) is 1. The van der Waals surface area contributed by atoms with Gasteiger partial charge in [0.2, 0.25) is 0 Å². The number of carbonyl (C=O) groups excluding carboxylic acids is 1. The lowest BCUT2D eigenvalue weighted by atomic mass is 9.97. The zero-order valence-corrected chi connectivity index (χ0v) is 22.6. The van der Waals surface area contributed by atoms with E-state index in [0.29, 0.717) is 22.9 Å². The molecule has 2 aromatic rings. The molecule has 0 bridgehead atoms. The number of fused-ring (bicyclic) bond motifs is 1. The number of benzene rings is 2. The summed E-state index contributed by atoms with van der Waals surface area (Å²) in [6.45, 7) is 11.7. The average Bonchev–Trinajstić information content (AvgIpc) is 2.85. The second-order valence-electron chi connectivity index (χ2n) is 9.15. The average molecular weight is 506 g/mol. The highest BCUT2D eigenvalue weighted by atomic mass is 35.5. The fraction of sp³-hybridized carbons (Fsp3) is 0.333. The molecular formula is C30H36ClN3O2. The SMILES string of the molecule is CCCCNC(=O)c1ccc(OC(C)C)c(Cl)c1.Cc1ccc(C2=CN3C=CCN=C3C=C2)c(C)c1. The summed E-state index contributed by atoms with van der Waals surface area (Å²) >= 11 is 6.07. The van der Waals surface area contributed by atoms with Crippen LogP contribution < -0.4 is 10.1 Å². The van der Waals surface area contributed by atoms with Crippen molar-refractivity contribution < 1.29 is 9.53 Å². The molecular weight excluding hydrogens is 470 g/mol. The van der Waals surface area contributed by atoms with E-state index in [0.717, 1.165) is 25.2 Å². The maximum absolute atomic E-state index is 11.8. The van der Waals surface area contributed by atoms with Crippen molar-refractivity contribution in [3.8, 4) is 5.75 Å². The fourth-order valence-electron chi connectivity index (χ4n) is 3.84. The van der Waals surface area contributed by atoms with Gasteiger partial charge < -0.3 is 15.0 Å². The molecule has 0 atom stereocenters. The van der Waals surface area contributed by atoms with E-state index in [1.807, 2.05) is 13.8 Å². The third-order valence-electron chi connectivity index (χ3n) is 5.64. The van der Waals surface area contributed by atoms with Gasteiger partial charge in [-0.2, -0.15) is 0 Å². The van der Waals surface area contributed by atoms with E-state index in [9.17, 15) is 4.79 Å². The van der Waals surface area contributed by atoms with Gasteiger partial charge in [-0.1, -0.05) is 48.7 Å². The van der Waals surface area contributed by atoms with Crippen molar-refractivity contribution in [2.45, 2.75) is 53.6 Å². The zero-order chi connectivity index (χ0) is 26.1. The van der Waals surface area contributed by atoms with Gasteiger partial charge in [0.1, 0.15) is 11.6 Å². The third-order valence-corrected chi connectivity index (χ3v) is 5.94. The largest absolute Gasteiger partial charge is 0.489 e. The van der Waals surface area contributed by atoms with Gasteiger partial charge in [0, 0.05) is 24.5 Å². The fourth-order valence-corrected chi connectivity index (χ4v) is 4.06. The molecule has 6 heteroatoms. The predicted octanol–water partition coefficient (Wildman–Crippen LogP) is 7.10. The molecule has 0 aromatic heterocycles. The minimum Gasteiger partial charge on any atom is -0.489 e. The van der Waals surface area contributed by atoms with E-state index >= 15 is 0 Å². The van der Waals surface area contributed by atoms with Crippen LogP contribution in [0.15, 0.2) is 72.0 Å². The van der Waals surface area contributed by atoms with E-state index in [4.69, 9.17) is 16.3 Å². The molecule has 2 aliphatic rings. The first kappa shape index (κ1) is 27.3. The summed E-state index contributed by atoms with van der Waals surface area (Å²) in [5.41, 5.74) is 5.70. The summed E-state index contributed by atoms with van der Waals surface area (Å²) in [4.78, 5) is 18.3. The Balaban J connectivity index is 0.000000201. The van der Waals surface area contributed by atoms with Gasteiger partial charge in [0.05, 0.1) is 17.7 Å². The lowest BCUT2D eigenvalue weighted by molar-refractivity contribution is 0.0953. The van der Waals surface area contributed by atoms with Gasteiger partial charge in [-0.15, -0.1) is 0 Å². The maximum Gasteiger partial charge on any atom is 0.251 e. The van der Waals surface area contributed by atoms with Crippen LogP contribution >= 0.6 is 11.6 Å². The molecule has 0 radical (unpaired) electrons. The highest BCUT2D eigenvalue weighted by Gasteiger charge is 2.14. The summed E-state index contributed by atoms with van der Waals surface area (Å²) in [5.74, 6) is 1.53. The molecule has 0 spiro atoms. The Morgan fingerprint density at radius 3 is 2.67 bits per heavy atom. The number of amidine groups is 1. The number of halogens is 1. The van der Waals surface area contributed by atoms with Crippen molar-refractivity contribution >= 4 is 28.9 Å². The van der Waals surface area contributed by atoms with Crippen LogP contribution in [0.3, 0.4) is 0 Å². The minimum absolute atomic E-state index is 0.0618. The van der Waals surface area contributed by atoms with Crippen LogP contribution in [0.1, 0.15) is 60.7 Å². The summed E-state index contributed by atoms with van der Waals surface area (Å²) in [6.07, 6.45) is 12.6. The highest BCUT2D eigenvalue weighted by Crippen LogP contribution is 2.27. The lowest BCUT2D eigenvalue weighted by Crippen LogP contribution is -2.24. The number of allylic oxidation sites excluding steroid dienone is 2. The molecule has 0 fully saturated rings. The second kappa shape index (κ2) is 13.1. The Kier molecular flexibility index (Phi) is 9.95. The van der Waals surface area contributed by atoms with E-state index < -0.39 is 0 Å². The molecule has 0 aliphatic carbocycles. The molecule has 190 valence electrons. The van der Waals surface area contributed by atoms with Crippen LogP contribution in [-0.4, -0.2) is 35.8 Å². The van der Waals surface area contributed by atoms with Gasteiger partial charge in [0.25, 0.3) is 5.91 Å². The standard InChI is InChI=1S/C16H16N2.C14H20ClNO2/c1-12-4-6-15(13(2)10-12)14-5-7-16-17-8-3-9-18(16)11-14;1-4-5-8-16-14(17)11-6-7-13(12(15)9-11)18-10(2)3/h3-7,9-11H,8H2,1-2H3;6-7,9-10H,4-5,8H2,1-3H3,(H,16,17). The predicted molar refractivity (Wildman–Crippen MR) is 151 cm³/mol. The quantitative estimate of drug-likeness (QED) is 0.408. The highest BCUT2D eigenvalue weighted by molar-refractivity contribution is 6.32. The molecule has 0 saturated carbocycles. The Morgan fingerprint density at radius 1 is 1.17 bits per heavy atom. The van der Waals surface area contributed by atoms with Crippen LogP contribution in [-0.2, 0) is 0 Å². The molecule has 36 heavy (non-hydrogen) atoms. The van der Waals surface area contributed by atoms with Gasteiger partial charge in [0.15, 0.2) is 0 Å². The van der Waals surface area contributed by atoms with E-state index in [2.05, 4.69) is 84.8 Å². The molecule has 2 aliphatic heterocycles. The lowest BCUT2D eigenvalue weighted by Gasteiger charge is -2.24. The first-order valence-corrected chi connectivity index (χ1v) is 12.9. The summed E-state index contributed by atoms with van der Waals surface area (Å²) in [6, 6.07) is 11.7. The van der Waals surface area contributed by atoms with Crippen molar-refractivity contribution in [1.82, 2.24) is 10.2 Å². The number of carbonyl (C=O) groups is 1. The van der Waals surface area contributed by atoms with Gasteiger partial charge in [-0.25, -0.2) is 0 Å². The van der Waals surface area contributed by atoms with Crippen LogP contribution in [0.2, 0.25) is 5.02 Å². The van der Waals surface area contributed by atoms with Crippen molar-refractivity contribution in [2.24, 2.45) is 4.99 Å². The number of aryl methyl sites for hydroxylation is 2. The zero-order valence-electron chi connectivity index (χ0n) is 21.8. The number of rotatable bonds is 7. The van der Waals surface area contributed by atoms with Crippen LogP contribution in [0.5, 0.6) is 5.75 Å². The van der Waals surface area contributed by atoms with E-state index in [1.54, 1.807) is 18.2 Å². The number of hydrogen-bond donors (Lipinski definition) is 1. The van der Waals surface area contributed by atoms with Crippen LogP contribution in [0.4, 0.5) is 0 Å². The topological polar surface area (TPSA) is 53.9 Å². The molecule has 2 aromatic carbocycles. The first-order chi connectivity index (χ1) is 17.3. The van der Waals surface area contributed by atoms with Crippen molar-refractivity contribution in [3.05, 3.63) is 94.3 Å². The van der Waals surface area contributed by atoms with Crippen LogP contribution in [0, 0.1) is 13.8 Å². The Bertz CT molecular complexity index is 1190. The van der Waals surface area contributed by atoms with Crippen molar-refractivity contribution in [2.75, 3.05) is 13.1 Å². The Hall–Kier alpha value is -3.31. The van der Waals surface area contributed by atoms with Gasteiger partial charge in [-0.05, 0) is 87.2 Å². The smallest absolute Gasteiger partial charge is 0.251 e. The summed E-state index contributed by atoms with van der Waals surface area (Å²) < 4.78 is 5.51. The maximum atomic E-state index is 11.8. The third kappa shape index (κ3) is 7.59. The molecule has 0 saturated heterocycles. The number of unbranched alkanes of at least 4 members (excludes halogenated alkanes) is 1. The number of amides is 1. The number of ether oxygens (including phenoxy) is 1. The van der Waals surface area contributed by atoms with Gasteiger partial charge in [-0.3, -0.25) is 9.79 Å². The second-order valence-corrected chi connectivity index (χ2v) is 9.56. The normalized spacial score (nSPS) is 13.9.